The number of benzene rings is 2. The molecule has 0 saturated heterocycles. The summed E-state index contributed by atoms with van der Waals surface area (Å²) in [5, 5.41) is 3.83. The molecule has 0 spiro atoms. The number of fused-ring (bicyclic) bond motifs is 1. The molecule has 1 aliphatic carbocycles. The monoisotopic (exact) mass is 364 g/mol. The first kappa shape index (κ1) is 18.1. The van der Waals surface area contributed by atoms with Gasteiger partial charge in [0.25, 0.3) is 0 Å². The summed E-state index contributed by atoms with van der Waals surface area (Å²) < 4.78 is 5.21. The molecule has 1 aromatic heterocycles. The van der Waals surface area contributed by atoms with E-state index in [1.807, 2.05) is 12.1 Å². The molecule has 1 aliphatic rings. The van der Waals surface area contributed by atoms with Gasteiger partial charge in [-0.25, -0.2) is 4.79 Å². The van der Waals surface area contributed by atoms with Crippen LogP contribution in [0, 0.1) is 0 Å². The highest BCUT2D eigenvalue weighted by Gasteiger charge is 2.23. The zero-order valence-electron chi connectivity index (χ0n) is 15.9. The van der Waals surface area contributed by atoms with Crippen molar-refractivity contribution in [2.24, 2.45) is 0 Å². The van der Waals surface area contributed by atoms with Crippen molar-refractivity contribution < 1.29 is 4.42 Å². The first-order valence-electron chi connectivity index (χ1n) is 10.1. The number of aryl methyl sites for hydroxylation is 1. The van der Waals surface area contributed by atoms with Crippen LogP contribution in [0.5, 0.6) is 0 Å². The number of aromatic nitrogens is 1. The van der Waals surface area contributed by atoms with Gasteiger partial charge in [-0.1, -0.05) is 36.4 Å². The fraction of sp³-hybridized carbons (Fsp3) is 0.435. The van der Waals surface area contributed by atoms with Gasteiger partial charge in [0.15, 0.2) is 5.58 Å². The van der Waals surface area contributed by atoms with E-state index < -0.39 is 0 Å². The second-order valence-corrected chi connectivity index (χ2v) is 7.91. The van der Waals surface area contributed by atoms with Gasteiger partial charge >= 0.3 is 5.76 Å². The second kappa shape index (κ2) is 8.13. The van der Waals surface area contributed by atoms with Gasteiger partial charge in [0.05, 0.1) is 5.52 Å². The molecule has 0 unspecified atom stereocenters. The molecule has 4 rings (SSSR count). The van der Waals surface area contributed by atoms with Crippen LogP contribution in [-0.4, -0.2) is 17.1 Å². The van der Waals surface area contributed by atoms with Crippen LogP contribution >= 0.6 is 0 Å². The second-order valence-electron chi connectivity index (χ2n) is 7.91. The maximum absolute atomic E-state index is 11.3. The highest BCUT2D eigenvalue weighted by Crippen LogP contribution is 2.34. The van der Waals surface area contributed by atoms with Crippen molar-refractivity contribution in [2.45, 2.75) is 63.5 Å². The van der Waals surface area contributed by atoms with Crippen LogP contribution < -0.4 is 11.1 Å². The standard InChI is InChI=1S/C23H28N2O2/c1-16(7-8-17-5-3-2-4-6-17)24-20-12-9-18(10-13-20)19-11-14-21-22(15-19)27-23(26)25-21/h2-6,11,14-16,18,20,24H,7-10,12-13H2,1H3,(H,25,26)/t16-,18?,20?/m0/s1. The average molecular weight is 364 g/mol. The summed E-state index contributed by atoms with van der Waals surface area (Å²) >= 11 is 0. The van der Waals surface area contributed by atoms with Crippen molar-refractivity contribution in [1.29, 1.82) is 0 Å². The summed E-state index contributed by atoms with van der Waals surface area (Å²) in [6, 6.07) is 18.0. The Morgan fingerprint density at radius 1 is 1.11 bits per heavy atom. The van der Waals surface area contributed by atoms with Crippen molar-refractivity contribution in [3.05, 3.63) is 70.2 Å². The summed E-state index contributed by atoms with van der Waals surface area (Å²) in [7, 11) is 0. The van der Waals surface area contributed by atoms with Crippen molar-refractivity contribution in [3.63, 3.8) is 0 Å². The molecule has 2 N–H and O–H groups in total. The van der Waals surface area contributed by atoms with Crippen molar-refractivity contribution in [1.82, 2.24) is 10.3 Å². The minimum Gasteiger partial charge on any atom is -0.408 e. The minimum absolute atomic E-state index is 0.375. The zero-order chi connectivity index (χ0) is 18.6. The fourth-order valence-electron chi connectivity index (χ4n) is 4.32. The molecule has 0 radical (unpaired) electrons. The number of oxazole rings is 1. The molecule has 142 valence electrons. The molecule has 0 amide bonds. The molecule has 3 aromatic rings. The van der Waals surface area contributed by atoms with E-state index in [1.165, 1.54) is 43.2 Å². The molecule has 0 aliphatic heterocycles. The molecule has 27 heavy (non-hydrogen) atoms. The van der Waals surface area contributed by atoms with E-state index in [1.54, 1.807) is 0 Å². The molecule has 0 bridgehead atoms. The van der Waals surface area contributed by atoms with Gasteiger partial charge < -0.3 is 9.73 Å². The normalized spacial score (nSPS) is 21.4. The number of hydrogen-bond donors (Lipinski definition) is 2. The first-order valence-corrected chi connectivity index (χ1v) is 10.1. The van der Waals surface area contributed by atoms with Gasteiger partial charge in [-0.05, 0) is 74.6 Å². The predicted octanol–water partition coefficient (Wildman–Crippen LogP) is 4.76. The topological polar surface area (TPSA) is 58.0 Å². The molecule has 1 heterocycles. The van der Waals surface area contributed by atoms with E-state index in [9.17, 15) is 4.79 Å². The Hall–Kier alpha value is -2.33. The van der Waals surface area contributed by atoms with Gasteiger partial charge in [0.2, 0.25) is 0 Å². The quantitative estimate of drug-likeness (QED) is 0.663. The zero-order valence-corrected chi connectivity index (χ0v) is 15.9. The van der Waals surface area contributed by atoms with Gasteiger partial charge in [0, 0.05) is 12.1 Å². The summed E-state index contributed by atoms with van der Waals surface area (Å²) in [4.78, 5) is 14.0. The summed E-state index contributed by atoms with van der Waals surface area (Å²) in [6.45, 7) is 2.30. The van der Waals surface area contributed by atoms with Crippen LogP contribution in [0.1, 0.15) is 56.1 Å². The lowest BCUT2D eigenvalue weighted by Crippen LogP contribution is -2.39. The molecule has 1 fully saturated rings. The third-order valence-corrected chi connectivity index (χ3v) is 5.87. The van der Waals surface area contributed by atoms with Crippen molar-refractivity contribution >= 4 is 11.1 Å². The van der Waals surface area contributed by atoms with E-state index in [4.69, 9.17) is 4.42 Å². The summed E-state index contributed by atoms with van der Waals surface area (Å²) in [5.74, 6) is 0.187. The highest BCUT2D eigenvalue weighted by molar-refractivity contribution is 5.72. The van der Waals surface area contributed by atoms with Gasteiger partial charge in [-0.3, -0.25) is 4.98 Å². The van der Waals surface area contributed by atoms with Crippen LogP contribution in [0.2, 0.25) is 0 Å². The van der Waals surface area contributed by atoms with E-state index in [0.29, 0.717) is 23.6 Å². The van der Waals surface area contributed by atoms with Crippen LogP contribution in [0.3, 0.4) is 0 Å². The maximum Gasteiger partial charge on any atom is 0.417 e. The highest BCUT2D eigenvalue weighted by atomic mass is 16.4. The Balaban J connectivity index is 1.27. The maximum atomic E-state index is 11.3. The number of nitrogens with one attached hydrogen (secondary N) is 2. The third-order valence-electron chi connectivity index (χ3n) is 5.87. The van der Waals surface area contributed by atoms with Gasteiger partial charge in [0.1, 0.15) is 0 Å². The molecule has 4 nitrogen and oxygen atoms in total. The van der Waals surface area contributed by atoms with Gasteiger partial charge in [-0.2, -0.15) is 0 Å². The minimum atomic E-state index is -0.375. The van der Waals surface area contributed by atoms with Crippen LogP contribution in [0.25, 0.3) is 11.1 Å². The SMILES string of the molecule is C[C@@H](CCc1ccccc1)NC1CCC(c2ccc3[nH]c(=O)oc3c2)CC1. The lowest BCUT2D eigenvalue weighted by molar-refractivity contribution is 0.314. The van der Waals surface area contributed by atoms with Gasteiger partial charge in [-0.15, -0.1) is 0 Å². The predicted molar refractivity (Wildman–Crippen MR) is 109 cm³/mol. The van der Waals surface area contributed by atoms with Crippen molar-refractivity contribution in [2.75, 3.05) is 0 Å². The van der Waals surface area contributed by atoms with E-state index in [2.05, 4.69) is 53.6 Å². The Morgan fingerprint density at radius 3 is 2.67 bits per heavy atom. The van der Waals surface area contributed by atoms with E-state index >= 15 is 0 Å². The lowest BCUT2D eigenvalue weighted by atomic mass is 9.81. The Morgan fingerprint density at radius 2 is 1.89 bits per heavy atom. The molecule has 1 atom stereocenters. The van der Waals surface area contributed by atoms with Crippen LogP contribution in [-0.2, 0) is 6.42 Å². The lowest BCUT2D eigenvalue weighted by Gasteiger charge is -2.31. The van der Waals surface area contributed by atoms with E-state index in [0.717, 1.165) is 11.9 Å². The van der Waals surface area contributed by atoms with Crippen LogP contribution in [0.4, 0.5) is 0 Å². The molecule has 4 heteroatoms. The Bertz CT molecular complexity index is 920. The number of hydrogen-bond acceptors (Lipinski definition) is 3. The third kappa shape index (κ3) is 4.51. The number of H-pyrrole nitrogens is 1. The molecule has 1 saturated carbocycles. The Labute approximate surface area is 160 Å². The van der Waals surface area contributed by atoms with Crippen molar-refractivity contribution in [3.8, 4) is 0 Å². The molecular weight excluding hydrogens is 336 g/mol. The largest absolute Gasteiger partial charge is 0.417 e. The Kier molecular flexibility index (Phi) is 5.44. The number of aromatic amines is 1. The van der Waals surface area contributed by atoms with Crippen LogP contribution in [0.15, 0.2) is 57.7 Å². The average Bonchev–Trinajstić information content (AvgIpc) is 3.07. The fourth-order valence-corrected chi connectivity index (χ4v) is 4.32. The number of rotatable bonds is 6. The summed E-state index contributed by atoms with van der Waals surface area (Å²) in [6.07, 6.45) is 7.08. The molecule has 2 aromatic carbocycles. The van der Waals surface area contributed by atoms with E-state index in [-0.39, 0.29) is 5.76 Å². The summed E-state index contributed by atoms with van der Waals surface area (Å²) in [5.41, 5.74) is 4.17. The molecular formula is C23H28N2O2. The first-order chi connectivity index (χ1) is 13.2. The smallest absolute Gasteiger partial charge is 0.408 e.